The van der Waals surface area contributed by atoms with E-state index in [1.54, 1.807) is 31.5 Å². The van der Waals surface area contributed by atoms with Crippen LogP contribution in [0.25, 0.3) is 0 Å². The van der Waals surface area contributed by atoms with Crippen LogP contribution < -0.4 is 10.2 Å². The summed E-state index contributed by atoms with van der Waals surface area (Å²) in [4.78, 5) is 0. The molecule has 98 valence electrons. The molecule has 2 N–H and O–H groups in total. The van der Waals surface area contributed by atoms with Gasteiger partial charge in [0.15, 0.2) is 0 Å². The fourth-order valence-electron chi connectivity index (χ4n) is 1.71. The van der Waals surface area contributed by atoms with Crippen molar-refractivity contribution in [2.24, 2.45) is 5.10 Å². The molecule has 2 rings (SSSR count). The van der Waals surface area contributed by atoms with Crippen molar-refractivity contribution in [1.82, 2.24) is 5.43 Å². The Hall–Kier alpha value is -2.49. The standard InChI is InChI=1S/C15H16N2O2/c1-19-15-8-3-2-6-13(15)11-17-16-10-12-5-4-7-14(18)9-12/h2-10,17-18H,11H2,1H3/b16-10-. The molecule has 4 nitrogen and oxygen atoms in total. The number of phenols is 1. The van der Waals surface area contributed by atoms with Crippen molar-refractivity contribution in [1.29, 1.82) is 0 Å². The van der Waals surface area contributed by atoms with Gasteiger partial charge in [-0.3, -0.25) is 0 Å². The van der Waals surface area contributed by atoms with Gasteiger partial charge in [0.2, 0.25) is 0 Å². The first kappa shape index (κ1) is 13.0. The van der Waals surface area contributed by atoms with Gasteiger partial charge in [0.25, 0.3) is 0 Å². The van der Waals surface area contributed by atoms with Gasteiger partial charge in [0.05, 0.1) is 19.9 Å². The van der Waals surface area contributed by atoms with Gasteiger partial charge in [0, 0.05) is 5.56 Å². The second-order valence-electron chi connectivity index (χ2n) is 4.00. The summed E-state index contributed by atoms with van der Waals surface area (Å²) in [5.74, 6) is 1.07. The van der Waals surface area contributed by atoms with Crippen LogP contribution in [-0.4, -0.2) is 18.4 Å². The van der Waals surface area contributed by atoms with E-state index in [2.05, 4.69) is 10.5 Å². The zero-order chi connectivity index (χ0) is 13.5. The van der Waals surface area contributed by atoms with Gasteiger partial charge in [-0.15, -0.1) is 0 Å². The van der Waals surface area contributed by atoms with Crippen molar-refractivity contribution in [2.75, 3.05) is 7.11 Å². The van der Waals surface area contributed by atoms with Gasteiger partial charge in [-0.2, -0.15) is 5.10 Å². The van der Waals surface area contributed by atoms with Gasteiger partial charge in [-0.25, -0.2) is 0 Å². The summed E-state index contributed by atoms with van der Waals surface area (Å²) in [6.07, 6.45) is 1.66. The number of para-hydroxylation sites is 1. The van der Waals surface area contributed by atoms with Crippen LogP contribution >= 0.6 is 0 Å². The topological polar surface area (TPSA) is 53.8 Å². The number of ether oxygens (including phenoxy) is 1. The highest BCUT2D eigenvalue weighted by molar-refractivity contribution is 5.79. The minimum atomic E-state index is 0.230. The molecule has 0 amide bonds. The van der Waals surface area contributed by atoms with Crippen LogP contribution in [0.15, 0.2) is 53.6 Å². The Balaban J connectivity index is 1.93. The molecule has 2 aromatic rings. The highest BCUT2D eigenvalue weighted by Crippen LogP contribution is 2.16. The number of benzene rings is 2. The molecule has 0 saturated heterocycles. The maximum absolute atomic E-state index is 9.32. The molecule has 0 unspecified atom stereocenters. The van der Waals surface area contributed by atoms with E-state index in [9.17, 15) is 5.11 Å². The number of hydrogen-bond donors (Lipinski definition) is 2. The molecule has 2 aromatic carbocycles. The number of rotatable bonds is 5. The van der Waals surface area contributed by atoms with Crippen molar-refractivity contribution in [3.8, 4) is 11.5 Å². The number of aromatic hydroxyl groups is 1. The minimum absolute atomic E-state index is 0.230. The third-order valence-electron chi connectivity index (χ3n) is 2.64. The maximum atomic E-state index is 9.32. The summed E-state index contributed by atoms with van der Waals surface area (Å²) in [6.45, 7) is 0.583. The van der Waals surface area contributed by atoms with Gasteiger partial charge < -0.3 is 15.3 Å². The summed E-state index contributed by atoms with van der Waals surface area (Å²) < 4.78 is 5.25. The molecule has 0 aliphatic heterocycles. The number of hydrogen-bond acceptors (Lipinski definition) is 4. The lowest BCUT2D eigenvalue weighted by molar-refractivity contribution is 0.408. The average molecular weight is 256 g/mol. The zero-order valence-corrected chi connectivity index (χ0v) is 10.7. The van der Waals surface area contributed by atoms with Crippen LogP contribution in [0.3, 0.4) is 0 Å². The van der Waals surface area contributed by atoms with Crippen LogP contribution in [0.4, 0.5) is 0 Å². The summed E-state index contributed by atoms with van der Waals surface area (Å²) in [7, 11) is 1.65. The summed E-state index contributed by atoms with van der Waals surface area (Å²) in [5.41, 5.74) is 4.83. The summed E-state index contributed by atoms with van der Waals surface area (Å²) in [5, 5.41) is 13.4. The van der Waals surface area contributed by atoms with Crippen molar-refractivity contribution >= 4 is 6.21 Å². The van der Waals surface area contributed by atoms with Crippen LogP contribution in [0.1, 0.15) is 11.1 Å². The van der Waals surface area contributed by atoms with E-state index in [0.29, 0.717) is 6.54 Å². The second-order valence-corrected chi connectivity index (χ2v) is 4.00. The lowest BCUT2D eigenvalue weighted by atomic mass is 10.2. The Morgan fingerprint density at radius 2 is 2.05 bits per heavy atom. The number of hydrazone groups is 1. The van der Waals surface area contributed by atoms with E-state index in [4.69, 9.17) is 4.74 Å². The van der Waals surface area contributed by atoms with Crippen molar-refractivity contribution < 1.29 is 9.84 Å². The first-order valence-corrected chi connectivity index (χ1v) is 5.96. The molecule has 0 aromatic heterocycles. The van der Waals surface area contributed by atoms with Crippen LogP contribution in [0.5, 0.6) is 11.5 Å². The quantitative estimate of drug-likeness (QED) is 0.638. The summed E-state index contributed by atoms with van der Waals surface area (Å²) in [6, 6.07) is 14.7. The monoisotopic (exact) mass is 256 g/mol. The largest absolute Gasteiger partial charge is 0.508 e. The smallest absolute Gasteiger partial charge is 0.123 e. The fraction of sp³-hybridized carbons (Fsp3) is 0.133. The van der Waals surface area contributed by atoms with Gasteiger partial charge >= 0.3 is 0 Å². The molecule has 0 heterocycles. The number of methoxy groups -OCH3 is 1. The molecule has 0 atom stereocenters. The molecule has 0 bridgehead atoms. The molecule has 4 heteroatoms. The lowest BCUT2D eigenvalue weighted by Crippen LogP contribution is -2.06. The Bertz CT molecular complexity index is 568. The predicted molar refractivity (Wildman–Crippen MR) is 75.5 cm³/mol. The highest BCUT2D eigenvalue weighted by atomic mass is 16.5. The molecule has 19 heavy (non-hydrogen) atoms. The molecule has 0 fully saturated rings. The van der Waals surface area contributed by atoms with Crippen molar-refractivity contribution in [3.63, 3.8) is 0 Å². The molecular formula is C15H16N2O2. The maximum Gasteiger partial charge on any atom is 0.123 e. The Kier molecular flexibility index (Phi) is 4.39. The van der Waals surface area contributed by atoms with Crippen molar-refractivity contribution in [2.45, 2.75) is 6.54 Å². The third kappa shape index (κ3) is 3.74. The predicted octanol–water partition coefficient (Wildman–Crippen LogP) is 2.52. The first-order valence-electron chi connectivity index (χ1n) is 5.96. The van der Waals surface area contributed by atoms with E-state index in [-0.39, 0.29) is 5.75 Å². The van der Waals surface area contributed by atoms with E-state index >= 15 is 0 Å². The molecule has 0 aliphatic rings. The van der Waals surface area contributed by atoms with E-state index < -0.39 is 0 Å². The molecule has 0 saturated carbocycles. The lowest BCUT2D eigenvalue weighted by Gasteiger charge is -2.07. The highest BCUT2D eigenvalue weighted by Gasteiger charge is 1.99. The zero-order valence-electron chi connectivity index (χ0n) is 10.7. The fourth-order valence-corrected chi connectivity index (χ4v) is 1.71. The van der Waals surface area contributed by atoms with Gasteiger partial charge in [-0.05, 0) is 23.8 Å². The van der Waals surface area contributed by atoms with Crippen LogP contribution in [-0.2, 0) is 6.54 Å². The molecular weight excluding hydrogens is 240 g/mol. The molecule has 0 spiro atoms. The van der Waals surface area contributed by atoms with E-state index in [1.807, 2.05) is 30.3 Å². The van der Waals surface area contributed by atoms with Crippen molar-refractivity contribution in [3.05, 3.63) is 59.7 Å². The van der Waals surface area contributed by atoms with E-state index in [0.717, 1.165) is 16.9 Å². The van der Waals surface area contributed by atoms with Crippen LogP contribution in [0, 0.1) is 0 Å². The van der Waals surface area contributed by atoms with E-state index in [1.165, 1.54) is 0 Å². The number of phenolic OH excluding ortho intramolecular Hbond substituents is 1. The Morgan fingerprint density at radius 1 is 1.21 bits per heavy atom. The van der Waals surface area contributed by atoms with Gasteiger partial charge in [0.1, 0.15) is 11.5 Å². The third-order valence-corrected chi connectivity index (χ3v) is 2.64. The number of nitrogens with zero attached hydrogens (tertiary/aromatic N) is 1. The normalized spacial score (nSPS) is 10.6. The average Bonchev–Trinajstić information content (AvgIpc) is 2.44. The van der Waals surface area contributed by atoms with Crippen LogP contribution in [0.2, 0.25) is 0 Å². The Labute approximate surface area is 112 Å². The number of nitrogens with one attached hydrogen (secondary N) is 1. The minimum Gasteiger partial charge on any atom is -0.508 e. The Morgan fingerprint density at radius 3 is 2.84 bits per heavy atom. The van der Waals surface area contributed by atoms with Gasteiger partial charge in [-0.1, -0.05) is 30.3 Å². The summed E-state index contributed by atoms with van der Waals surface area (Å²) >= 11 is 0. The second kappa shape index (κ2) is 6.44. The molecule has 0 aliphatic carbocycles. The molecule has 0 radical (unpaired) electrons. The SMILES string of the molecule is COc1ccccc1CN/N=C\c1cccc(O)c1. The first-order chi connectivity index (χ1) is 9.29.